The monoisotopic (exact) mass is 279 g/mol. The van der Waals surface area contributed by atoms with Crippen molar-refractivity contribution in [1.29, 1.82) is 0 Å². The lowest BCUT2D eigenvalue weighted by Crippen LogP contribution is -2.38. The molecule has 2 N–H and O–H groups in total. The average Bonchev–Trinajstić information content (AvgIpc) is 2.66. The maximum Gasteiger partial charge on any atom is 0.410 e. The minimum absolute atomic E-state index is 0.242. The molecule has 0 saturated carbocycles. The first-order valence-electron chi connectivity index (χ1n) is 7.21. The van der Waals surface area contributed by atoms with Crippen molar-refractivity contribution < 1.29 is 9.53 Å². The summed E-state index contributed by atoms with van der Waals surface area (Å²) in [5.74, 6) is 0.376. The van der Waals surface area contributed by atoms with Crippen LogP contribution in [0.5, 0.6) is 0 Å². The Labute approximate surface area is 120 Å². The van der Waals surface area contributed by atoms with Crippen molar-refractivity contribution in [3.05, 3.63) is 24.0 Å². The molecule has 20 heavy (non-hydrogen) atoms. The van der Waals surface area contributed by atoms with E-state index in [-0.39, 0.29) is 6.09 Å². The third kappa shape index (κ3) is 3.76. The second-order valence-electron chi connectivity index (χ2n) is 6.46. The van der Waals surface area contributed by atoms with Gasteiger partial charge in [-0.1, -0.05) is 0 Å². The topological polar surface area (TPSA) is 60.5 Å². The van der Waals surface area contributed by atoms with Gasteiger partial charge >= 0.3 is 6.09 Å². The quantitative estimate of drug-likeness (QED) is 0.903. The molecule has 1 aliphatic heterocycles. The van der Waals surface area contributed by atoms with Gasteiger partial charge < -0.3 is 19.9 Å². The van der Waals surface area contributed by atoms with Crippen molar-refractivity contribution in [2.75, 3.05) is 13.1 Å². The number of ether oxygens (including phenoxy) is 1. The Hall–Kier alpha value is -1.49. The summed E-state index contributed by atoms with van der Waals surface area (Å²) in [7, 11) is 0. The molecule has 1 aromatic rings. The van der Waals surface area contributed by atoms with E-state index < -0.39 is 5.60 Å². The van der Waals surface area contributed by atoms with Crippen molar-refractivity contribution in [2.45, 2.75) is 45.9 Å². The van der Waals surface area contributed by atoms with Gasteiger partial charge in [0, 0.05) is 25.0 Å². The van der Waals surface area contributed by atoms with E-state index in [4.69, 9.17) is 10.5 Å². The molecule has 0 spiro atoms. The van der Waals surface area contributed by atoms with Crippen LogP contribution in [-0.2, 0) is 17.8 Å². The van der Waals surface area contributed by atoms with E-state index in [1.165, 1.54) is 0 Å². The second-order valence-corrected chi connectivity index (χ2v) is 6.46. The summed E-state index contributed by atoms with van der Waals surface area (Å²) in [5, 5.41) is 0. The lowest BCUT2D eigenvalue weighted by molar-refractivity contribution is 0.0208. The molecular formula is C15H25N3O2. The summed E-state index contributed by atoms with van der Waals surface area (Å²) in [4.78, 5) is 14.1. The Balaban J connectivity index is 2.14. The molecule has 0 fully saturated rings. The summed E-state index contributed by atoms with van der Waals surface area (Å²) in [5.41, 5.74) is 6.37. The second kappa shape index (κ2) is 5.87. The van der Waals surface area contributed by atoms with Gasteiger partial charge in [-0.2, -0.15) is 0 Å². The van der Waals surface area contributed by atoms with Crippen LogP contribution in [0.25, 0.3) is 0 Å². The van der Waals surface area contributed by atoms with Crippen LogP contribution in [-0.4, -0.2) is 34.3 Å². The minimum atomic E-state index is -0.464. The summed E-state index contributed by atoms with van der Waals surface area (Å²) < 4.78 is 7.71. The standard InChI is InChI=1S/C15H25N3O2/c1-15(2,3)20-14(19)18-10-12(6-7-16)9-17-8-4-5-13(17)11-18/h4-5,8,12H,6-7,9-11,16H2,1-3H3. The van der Waals surface area contributed by atoms with Crippen LogP contribution in [0.4, 0.5) is 4.79 Å². The molecule has 1 amide bonds. The number of nitrogens with two attached hydrogens (primary N) is 1. The van der Waals surface area contributed by atoms with Crippen molar-refractivity contribution in [2.24, 2.45) is 11.7 Å². The lowest BCUT2D eigenvalue weighted by atomic mass is 10.1. The highest BCUT2D eigenvalue weighted by Crippen LogP contribution is 2.21. The largest absolute Gasteiger partial charge is 0.444 e. The number of carbonyl (C=O) groups excluding carboxylic acids is 1. The summed E-state index contributed by atoms with van der Waals surface area (Å²) in [6.45, 7) is 8.54. The fourth-order valence-corrected chi connectivity index (χ4v) is 2.56. The van der Waals surface area contributed by atoms with E-state index in [9.17, 15) is 4.79 Å². The molecule has 2 heterocycles. The molecule has 5 heteroatoms. The molecule has 0 radical (unpaired) electrons. The predicted octanol–water partition coefficient (Wildman–Crippen LogP) is 2.20. The Bertz CT molecular complexity index is 462. The minimum Gasteiger partial charge on any atom is -0.444 e. The number of fused-ring (bicyclic) bond motifs is 1. The Morgan fingerprint density at radius 3 is 2.85 bits per heavy atom. The lowest BCUT2D eigenvalue weighted by Gasteiger charge is -2.28. The highest BCUT2D eigenvalue weighted by molar-refractivity contribution is 5.68. The van der Waals surface area contributed by atoms with E-state index in [1.54, 1.807) is 4.90 Å². The van der Waals surface area contributed by atoms with Gasteiger partial charge in [-0.3, -0.25) is 0 Å². The van der Waals surface area contributed by atoms with Crippen LogP contribution in [0.2, 0.25) is 0 Å². The Morgan fingerprint density at radius 1 is 1.45 bits per heavy atom. The molecule has 1 aromatic heterocycles. The maximum absolute atomic E-state index is 12.3. The van der Waals surface area contributed by atoms with Crippen LogP contribution in [0.1, 0.15) is 32.9 Å². The Kier molecular flexibility index (Phi) is 4.38. The van der Waals surface area contributed by atoms with Gasteiger partial charge in [0.05, 0.1) is 6.54 Å². The molecule has 0 bridgehead atoms. The highest BCUT2D eigenvalue weighted by atomic mass is 16.6. The van der Waals surface area contributed by atoms with Gasteiger partial charge in [0.15, 0.2) is 0 Å². The number of hydrogen-bond acceptors (Lipinski definition) is 3. The first-order valence-corrected chi connectivity index (χ1v) is 7.21. The van der Waals surface area contributed by atoms with Crippen LogP contribution >= 0.6 is 0 Å². The van der Waals surface area contributed by atoms with Gasteiger partial charge in [0.2, 0.25) is 0 Å². The molecule has 1 aliphatic rings. The molecule has 1 unspecified atom stereocenters. The number of aromatic nitrogens is 1. The van der Waals surface area contributed by atoms with Gasteiger partial charge in [0.1, 0.15) is 5.60 Å². The van der Waals surface area contributed by atoms with E-state index in [1.807, 2.05) is 26.8 Å². The van der Waals surface area contributed by atoms with E-state index >= 15 is 0 Å². The van der Waals surface area contributed by atoms with Crippen LogP contribution in [0, 0.1) is 5.92 Å². The predicted molar refractivity (Wildman–Crippen MR) is 78.2 cm³/mol. The molecule has 5 nitrogen and oxygen atoms in total. The zero-order chi connectivity index (χ0) is 14.8. The van der Waals surface area contributed by atoms with Gasteiger partial charge in [-0.15, -0.1) is 0 Å². The molecular weight excluding hydrogens is 254 g/mol. The van der Waals surface area contributed by atoms with Crippen LogP contribution < -0.4 is 5.73 Å². The van der Waals surface area contributed by atoms with Gasteiger partial charge in [-0.05, 0) is 51.8 Å². The molecule has 112 valence electrons. The fraction of sp³-hybridized carbons (Fsp3) is 0.667. The fourth-order valence-electron chi connectivity index (χ4n) is 2.56. The number of carbonyl (C=O) groups is 1. The first kappa shape index (κ1) is 14.9. The number of nitrogens with zero attached hydrogens (tertiary/aromatic N) is 2. The smallest absolute Gasteiger partial charge is 0.410 e. The van der Waals surface area contributed by atoms with Crippen molar-refractivity contribution in [3.63, 3.8) is 0 Å². The zero-order valence-corrected chi connectivity index (χ0v) is 12.6. The normalized spacial score (nSPS) is 19.4. The van der Waals surface area contributed by atoms with E-state index in [0.717, 1.165) is 18.7 Å². The van der Waals surface area contributed by atoms with E-state index in [2.05, 4.69) is 16.8 Å². The molecule has 0 aromatic carbocycles. The summed E-state index contributed by atoms with van der Waals surface area (Å²) in [6, 6.07) is 4.08. The third-order valence-electron chi connectivity index (χ3n) is 3.44. The number of amides is 1. The summed E-state index contributed by atoms with van der Waals surface area (Å²) in [6.07, 6.45) is 2.74. The zero-order valence-electron chi connectivity index (χ0n) is 12.6. The van der Waals surface area contributed by atoms with E-state index in [0.29, 0.717) is 25.6 Å². The van der Waals surface area contributed by atoms with Crippen LogP contribution in [0.3, 0.4) is 0 Å². The van der Waals surface area contributed by atoms with Gasteiger partial charge in [-0.25, -0.2) is 4.79 Å². The number of rotatable bonds is 2. The third-order valence-corrected chi connectivity index (χ3v) is 3.44. The Morgan fingerprint density at radius 2 is 2.20 bits per heavy atom. The first-order chi connectivity index (χ1) is 9.39. The van der Waals surface area contributed by atoms with Crippen molar-refractivity contribution in [3.8, 4) is 0 Å². The maximum atomic E-state index is 12.3. The molecule has 2 rings (SSSR count). The average molecular weight is 279 g/mol. The molecule has 0 aliphatic carbocycles. The molecule has 1 atom stereocenters. The van der Waals surface area contributed by atoms with Crippen molar-refractivity contribution in [1.82, 2.24) is 9.47 Å². The summed E-state index contributed by atoms with van der Waals surface area (Å²) >= 11 is 0. The van der Waals surface area contributed by atoms with Crippen LogP contribution in [0.15, 0.2) is 18.3 Å². The van der Waals surface area contributed by atoms with Crippen molar-refractivity contribution >= 4 is 6.09 Å². The number of hydrogen-bond donors (Lipinski definition) is 1. The molecule has 0 saturated heterocycles. The SMILES string of the molecule is CC(C)(C)OC(=O)N1Cc2cccn2CC(CCN)C1. The highest BCUT2D eigenvalue weighted by Gasteiger charge is 2.27. The van der Waals surface area contributed by atoms with Gasteiger partial charge in [0.25, 0.3) is 0 Å².